The predicted octanol–water partition coefficient (Wildman–Crippen LogP) is 2.08. The molecule has 4 fully saturated rings. The number of aromatic nitrogens is 2. The van der Waals surface area contributed by atoms with Gasteiger partial charge in [0.1, 0.15) is 23.8 Å². The Kier molecular flexibility index (Phi) is 11.5. The molecule has 0 aromatic carbocycles. The summed E-state index contributed by atoms with van der Waals surface area (Å²) in [5, 5.41) is 11.3. The van der Waals surface area contributed by atoms with Gasteiger partial charge in [-0.1, -0.05) is 39.7 Å². The Balaban J connectivity index is 1.34. The Labute approximate surface area is 288 Å². The maximum atomic E-state index is 14.4. The molecule has 13 heteroatoms. The maximum absolute atomic E-state index is 14.4. The van der Waals surface area contributed by atoms with E-state index >= 15 is 0 Å². The van der Waals surface area contributed by atoms with E-state index in [2.05, 4.69) is 37.8 Å². The Bertz CT molecular complexity index is 1440. The van der Waals surface area contributed by atoms with E-state index in [0.29, 0.717) is 25.0 Å². The largest absolute Gasteiger partial charge is 0.347 e. The highest BCUT2D eigenvalue weighted by Gasteiger charge is 2.54. The van der Waals surface area contributed by atoms with Crippen molar-refractivity contribution in [3.8, 4) is 0 Å². The Morgan fingerprint density at radius 1 is 0.959 bits per heavy atom. The lowest BCUT2D eigenvalue weighted by Gasteiger charge is -2.34. The topological polar surface area (TPSA) is 180 Å². The number of hydrogen-bond acceptors (Lipinski definition) is 8. The minimum Gasteiger partial charge on any atom is -0.347 e. The van der Waals surface area contributed by atoms with Crippen LogP contribution < -0.4 is 21.3 Å². The number of likely N-dealkylation sites (tertiary alicyclic amines) is 1. The van der Waals surface area contributed by atoms with Gasteiger partial charge in [0.2, 0.25) is 23.5 Å². The summed E-state index contributed by atoms with van der Waals surface area (Å²) in [4.78, 5) is 91.1. The molecule has 1 aromatic heterocycles. The molecule has 4 N–H and O–H groups in total. The van der Waals surface area contributed by atoms with Gasteiger partial charge in [-0.15, -0.1) is 0 Å². The normalized spacial score (nSPS) is 27.1. The zero-order valence-corrected chi connectivity index (χ0v) is 29.1. The molecule has 2 aliphatic heterocycles. The van der Waals surface area contributed by atoms with Crippen molar-refractivity contribution in [1.29, 1.82) is 0 Å². The quantitative estimate of drug-likeness (QED) is 0.203. The third-order valence-corrected chi connectivity index (χ3v) is 11.2. The van der Waals surface area contributed by atoms with Crippen molar-refractivity contribution in [3.05, 3.63) is 36.4 Å². The van der Waals surface area contributed by atoms with E-state index in [9.17, 15) is 28.8 Å². The van der Waals surface area contributed by atoms with Crippen LogP contribution in [0.3, 0.4) is 0 Å². The van der Waals surface area contributed by atoms with Crippen LogP contribution in [0.1, 0.15) is 96.0 Å². The molecular formula is C36H51N7O6. The van der Waals surface area contributed by atoms with Crippen LogP contribution in [0.5, 0.6) is 0 Å². The minimum absolute atomic E-state index is 0.0838. The second kappa shape index (κ2) is 15.6. The van der Waals surface area contributed by atoms with Crippen molar-refractivity contribution in [2.45, 2.75) is 116 Å². The van der Waals surface area contributed by atoms with Gasteiger partial charge in [-0.05, 0) is 87.5 Å². The fraction of sp³-hybridized carbons (Fsp3) is 0.667. The minimum atomic E-state index is -1.14. The molecule has 266 valence electrons. The SMILES string of the molecule is C=C(C)[C@H](NC(=O)[C@@H](NC(=O)c1cnccn1)C1CCCCC1)C(=O)N1C[C@@H]2CC3CC[C@@H](C(=O)C(=O)N[C@@H](C)C(C)C)NC(=O)[C@@H]1[C@H]2C3. The van der Waals surface area contributed by atoms with Crippen LogP contribution >= 0.6 is 0 Å². The summed E-state index contributed by atoms with van der Waals surface area (Å²) in [6.07, 6.45) is 11.2. The van der Waals surface area contributed by atoms with Crippen molar-refractivity contribution in [1.82, 2.24) is 36.1 Å². The van der Waals surface area contributed by atoms with Gasteiger partial charge in [0.25, 0.3) is 11.8 Å². The fourth-order valence-electron chi connectivity index (χ4n) is 8.09. The average Bonchev–Trinajstić information content (AvgIpc) is 3.66. The highest BCUT2D eigenvalue weighted by molar-refractivity contribution is 6.38. The molecular weight excluding hydrogens is 626 g/mol. The van der Waals surface area contributed by atoms with Gasteiger partial charge in [0.05, 0.1) is 12.2 Å². The molecule has 1 unspecified atom stereocenters. The molecule has 13 nitrogen and oxygen atoms in total. The van der Waals surface area contributed by atoms with Gasteiger partial charge in [0.15, 0.2) is 0 Å². The number of nitrogens with zero attached hydrogens (tertiary/aromatic N) is 3. The number of carbonyl (C=O) groups excluding carboxylic acids is 6. The predicted molar refractivity (Wildman–Crippen MR) is 180 cm³/mol. The number of carbonyl (C=O) groups is 6. The smallest absolute Gasteiger partial charge is 0.289 e. The molecule has 5 amide bonds. The first-order valence-corrected chi connectivity index (χ1v) is 17.8. The van der Waals surface area contributed by atoms with Gasteiger partial charge in [0, 0.05) is 25.0 Å². The van der Waals surface area contributed by atoms with Crippen molar-refractivity contribution >= 4 is 35.3 Å². The van der Waals surface area contributed by atoms with Crippen LogP contribution in [0.4, 0.5) is 0 Å². The molecule has 2 aliphatic carbocycles. The highest BCUT2D eigenvalue weighted by Crippen LogP contribution is 2.47. The zero-order chi connectivity index (χ0) is 35.4. The van der Waals surface area contributed by atoms with Crippen LogP contribution in [-0.4, -0.2) is 86.9 Å². The van der Waals surface area contributed by atoms with Crippen molar-refractivity contribution in [2.24, 2.45) is 29.6 Å². The molecule has 0 radical (unpaired) electrons. The maximum Gasteiger partial charge on any atom is 0.289 e. The van der Waals surface area contributed by atoms with Gasteiger partial charge in [-0.3, -0.25) is 33.8 Å². The van der Waals surface area contributed by atoms with E-state index in [4.69, 9.17) is 0 Å². The Morgan fingerprint density at radius 3 is 2.35 bits per heavy atom. The first-order valence-electron chi connectivity index (χ1n) is 17.8. The summed E-state index contributed by atoms with van der Waals surface area (Å²) in [5.41, 5.74) is 0.476. The summed E-state index contributed by atoms with van der Waals surface area (Å²) < 4.78 is 0. The second-order valence-corrected chi connectivity index (χ2v) is 14.9. The molecule has 5 rings (SSSR count). The summed E-state index contributed by atoms with van der Waals surface area (Å²) in [7, 11) is 0. The van der Waals surface area contributed by atoms with E-state index in [1.54, 1.807) is 6.92 Å². The standard InChI is InChI=1S/C36H51N7O6/c1-19(2)21(5)39-35(48)31(44)26-12-11-22-15-24-18-43(30(25(24)16-22)34(47)40-26)36(49)28(20(3)4)41-33(46)29(23-9-7-6-8-10-23)42-32(45)27-17-37-13-14-38-27/h13-14,17,19,21-26,28-30H,3,6-12,15-16,18H2,1-2,4-5H3,(H,39,48)(H,40,47)(H,41,46)(H,42,45)/t21-,22?,24-,25-,26-,28-,29-,30-/m0/s1. The van der Waals surface area contributed by atoms with E-state index in [1.165, 1.54) is 23.5 Å². The Hall–Kier alpha value is -4.16. The number of amides is 5. The van der Waals surface area contributed by atoms with E-state index in [0.717, 1.165) is 44.9 Å². The lowest BCUT2D eigenvalue weighted by Crippen LogP contribution is -2.60. The van der Waals surface area contributed by atoms with Crippen LogP contribution in [0.15, 0.2) is 30.7 Å². The van der Waals surface area contributed by atoms with Crippen molar-refractivity contribution in [2.75, 3.05) is 6.54 Å². The number of nitrogens with one attached hydrogen (secondary N) is 4. The molecule has 1 aromatic rings. The summed E-state index contributed by atoms with van der Waals surface area (Å²) >= 11 is 0. The van der Waals surface area contributed by atoms with Crippen molar-refractivity contribution in [3.63, 3.8) is 0 Å². The van der Waals surface area contributed by atoms with E-state index in [-0.39, 0.29) is 41.3 Å². The molecule has 49 heavy (non-hydrogen) atoms. The molecule has 2 bridgehead atoms. The number of Topliss-reactive ketones (excluding diaryl/α,β-unsaturated/α-hetero) is 1. The Morgan fingerprint density at radius 2 is 1.69 bits per heavy atom. The van der Waals surface area contributed by atoms with Crippen LogP contribution in [0, 0.1) is 29.6 Å². The molecule has 3 heterocycles. The zero-order valence-electron chi connectivity index (χ0n) is 29.1. The number of rotatable bonds is 11. The third-order valence-electron chi connectivity index (χ3n) is 11.2. The molecule has 2 saturated carbocycles. The van der Waals surface area contributed by atoms with Gasteiger partial charge in [-0.25, -0.2) is 4.98 Å². The van der Waals surface area contributed by atoms with E-state index < -0.39 is 59.5 Å². The molecule has 0 spiro atoms. The molecule has 8 atom stereocenters. The number of hydrogen-bond donors (Lipinski definition) is 4. The number of ketones is 1. The van der Waals surface area contributed by atoms with Gasteiger partial charge in [-0.2, -0.15) is 0 Å². The first-order chi connectivity index (χ1) is 23.3. The fourth-order valence-corrected chi connectivity index (χ4v) is 8.09. The molecule has 2 saturated heterocycles. The lowest BCUT2D eigenvalue weighted by molar-refractivity contribution is -0.144. The van der Waals surface area contributed by atoms with Crippen LogP contribution in [0.2, 0.25) is 0 Å². The van der Waals surface area contributed by atoms with Crippen LogP contribution in [-0.2, 0) is 24.0 Å². The second-order valence-electron chi connectivity index (χ2n) is 14.9. The number of fused-ring (bicyclic) bond motifs is 1. The highest BCUT2D eigenvalue weighted by atomic mass is 16.2. The monoisotopic (exact) mass is 677 g/mol. The third kappa shape index (κ3) is 8.18. The summed E-state index contributed by atoms with van der Waals surface area (Å²) in [5.74, 6) is -3.08. The first kappa shape index (κ1) is 36.1. The van der Waals surface area contributed by atoms with E-state index in [1.807, 2.05) is 20.8 Å². The van der Waals surface area contributed by atoms with Gasteiger partial charge >= 0.3 is 0 Å². The summed E-state index contributed by atoms with van der Waals surface area (Å²) in [6, 6.07) is -4.10. The van der Waals surface area contributed by atoms with Crippen LogP contribution in [0.25, 0.3) is 0 Å². The van der Waals surface area contributed by atoms with Gasteiger partial charge < -0.3 is 26.2 Å². The average molecular weight is 678 g/mol. The van der Waals surface area contributed by atoms with Crippen molar-refractivity contribution < 1.29 is 28.8 Å². The summed E-state index contributed by atoms with van der Waals surface area (Å²) in [6.45, 7) is 11.7. The molecule has 4 aliphatic rings. The lowest BCUT2D eigenvalue weighted by atomic mass is 9.83.